The van der Waals surface area contributed by atoms with Crippen LogP contribution >= 0.6 is 0 Å². The van der Waals surface area contributed by atoms with Crippen molar-refractivity contribution in [3.05, 3.63) is 29.6 Å². The number of hydrogen-bond acceptors (Lipinski definition) is 5. The van der Waals surface area contributed by atoms with Gasteiger partial charge in [0.2, 0.25) is 5.91 Å². The van der Waals surface area contributed by atoms with Gasteiger partial charge in [0.1, 0.15) is 11.8 Å². The maximum atomic E-state index is 10.5. The molecule has 6 nitrogen and oxygen atoms in total. The van der Waals surface area contributed by atoms with Gasteiger partial charge in [-0.2, -0.15) is 0 Å². The van der Waals surface area contributed by atoms with Crippen LogP contribution in [0.25, 0.3) is 0 Å². The van der Waals surface area contributed by atoms with Crippen LogP contribution in [0.1, 0.15) is 28.6 Å². The molecule has 0 aliphatic heterocycles. The number of nitrogens with zero attached hydrogens (tertiary/aromatic N) is 1. The van der Waals surface area contributed by atoms with Gasteiger partial charge in [-0.1, -0.05) is 6.07 Å². The second-order valence-corrected chi connectivity index (χ2v) is 3.32. The fourth-order valence-electron chi connectivity index (χ4n) is 1.20. The monoisotopic (exact) mass is 224 g/mol. The van der Waals surface area contributed by atoms with Gasteiger partial charge in [0.05, 0.1) is 12.5 Å². The van der Waals surface area contributed by atoms with E-state index in [1.54, 1.807) is 0 Å². The number of aliphatic hydroxyl groups excluding tert-OH is 2. The van der Waals surface area contributed by atoms with Crippen molar-refractivity contribution in [3.63, 3.8) is 0 Å². The molecular weight excluding hydrogens is 212 g/mol. The molecule has 0 bridgehead atoms. The van der Waals surface area contributed by atoms with Crippen molar-refractivity contribution in [1.82, 2.24) is 4.98 Å². The molecule has 0 saturated heterocycles. The Morgan fingerprint density at radius 3 is 2.62 bits per heavy atom. The second-order valence-electron chi connectivity index (χ2n) is 3.32. The third kappa shape index (κ3) is 3.11. The summed E-state index contributed by atoms with van der Waals surface area (Å²) in [5.74, 6) is -0.705. The molecule has 2 atom stereocenters. The van der Waals surface area contributed by atoms with Gasteiger partial charge in [0.15, 0.2) is 6.29 Å². The van der Waals surface area contributed by atoms with Crippen molar-refractivity contribution >= 4 is 12.2 Å². The Labute approximate surface area is 91.7 Å². The molecule has 86 valence electrons. The van der Waals surface area contributed by atoms with Gasteiger partial charge in [-0.3, -0.25) is 14.6 Å². The van der Waals surface area contributed by atoms with Gasteiger partial charge in [-0.25, -0.2) is 0 Å². The SMILES string of the molecule is NC(=O)CC(O)C(O)c1ccc(C=O)nc1. The lowest BCUT2D eigenvalue weighted by molar-refractivity contribution is -0.121. The van der Waals surface area contributed by atoms with Gasteiger partial charge in [0.25, 0.3) is 0 Å². The molecule has 0 aliphatic rings. The molecule has 0 aliphatic carbocycles. The smallest absolute Gasteiger partial charge is 0.220 e. The number of carbonyl (C=O) groups excluding carboxylic acids is 2. The summed E-state index contributed by atoms with van der Waals surface area (Å²) in [7, 11) is 0. The number of rotatable bonds is 5. The van der Waals surface area contributed by atoms with E-state index in [1.807, 2.05) is 0 Å². The predicted molar refractivity (Wildman–Crippen MR) is 54.4 cm³/mol. The summed E-state index contributed by atoms with van der Waals surface area (Å²) in [6.45, 7) is 0. The normalized spacial score (nSPS) is 14.1. The highest BCUT2D eigenvalue weighted by Gasteiger charge is 2.20. The van der Waals surface area contributed by atoms with Crippen molar-refractivity contribution < 1.29 is 19.8 Å². The Bertz CT molecular complexity index is 377. The summed E-state index contributed by atoms with van der Waals surface area (Å²) in [5, 5.41) is 19.0. The maximum absolute atomic E-state index is 10.5. The standard InChI is InChI=1S/C10H12N2O4/c11-9(15)3-8(14)10(16)6-1-2-7(5-13)12-4-6/h1-2,4-5,8,10,14,16H,3H2,(H2,11,15). The van der Waals surface area contributed by atoms with Gasteiger partial charge in [0, 0.05) is 11.8 Å². The van der Waals surface area contributed by atoms with E-state index in [0.29, 0.717) is 11.8 Å². The van der Waals surface area contributed by atoms with Crippen LogP contribution in [0.3, 0.4) is 0 Å². The van der Waals surface area contributed by atoms with E-state index in [9.17, 15) is 19.8 Å². The summed E-state index contributed by atoms with van der Waals surface area (Å²) < 4.78 is 0. The Hall–Kier alpha value is -1.79. The Balaban J connectivity index is 2.75. The van der Waals surface area contributed by atoms with E-state index in [4.69, 9.17) is 5.73 Å². The molecule has 1 amide bonds. The molecule has 0 radical (unpaired) electrons. The third-order valence-electron chi connectivity index (χ3n) is 2.05. The lowest BCUT2D eigenvalue weighted by Gasteiger charge is -2.16. The summed E-state index contributed by atoms with van der Waals surface area (Å²) in [6.07, 6.45) is -1.03. The molecule has 6 heteroatoms. The fraction of sp³-hybridized carbons (Fsp3) is 0.300. The minimum atomic E-state index is -1.28. The first-order valence-corrected chi connectivity index (χ1v) is 4.60. The van der Waals surface area contributed by atoms with E-state index >= 15 is 0 Å². The van der Waals surface area contributed by atoms with Gasteiger partial charge in [-0.15, -0.1) is 0 Å². The number of aldehydes is 1. The summed E-state index contributed by atoms with van der Waals surface area (Å²) in [5.41, 5.74) is 5.42. The number of hydrogen-bond donors (Lipinski definition) is 3. The number of carbonyl (C=O) groups is 2. The number of primary amides is 1. The summed E-state index contributed by atoms with van der Waals surface area (Å²) in [4.78, 5) is 24.6. The van der Waals surface area contributed by atoms with Gasteiger partial charge in [-0.05, 0) is 6.07 Å². The molecular formula is C10H12N2O4. The molecule has 0 fully saturated rings. The number of nitrogens with two attached hydrogens (primary N) is 1. The van der Waals surface area contributed by atoms with Crippen LogP contribution in [0, 0.1) is 0 Å². The van der Waals surface area contributed by atoms with Crippen molar-refractivity contribution in [2.45, 2.75) is 18.6 Å². The molecule has 1 aromatic heterocycles. The zero-order chi connectivity index (χ0) is 12.1. The van der Waals surface area contributed by atoms with E-state index in [-0.39, 0.29) is 12.1 Å². The van der Waals surface area contributed by atoms with E-state index < -0.39 is 18.1 Å². The molecule has 16 heavy (non-hydrogen) atoms. The molecule has 4 N–H and O–H groups in total. The molecule has 1 heterocycles. The number of aromatic nitrogens is 1. The fourth-order valence-corrected chi connectivity index (χ4v) is 1.20. The van der Waals surface area contributed by atoms with E-state index in [0.717, 1.165) is 0 Å². The van der Waals surface area contributed by atoms with Crippen LogP contribution in [0.15, 0.2) is 18.3 Å². The van der Waals surface area contributed by atoms with Crippen molar-refractivity contribution in [3.8, 4) is 0 Å². The van der Waals surface area contributed by atoms with Crippen LogP contribution < -0.4 is 5.73 Å². The lowest BCUT2D eigenvalue weighted by Crippen LogP contribution is -2.25. The molecule has 0 aromatic carbocycles. The second kappa shape index (κ2) is 5.34. The predicted octanol–water partition coefficient (Wildman–Crippen LogP) is -0.836. The average Bonchev–Trinajstić information content (AvgIpc) is 2.27. The van der Waals surface area contributed by atoms with Crippen LogP contribution in [0.5, 0.6) is 0 Å². The zero-order valence-corrected chi connectivity index (χ0v) is 8.41. The number of amides is 1. The quantitative estimate of drug-likeness (QED) is 0.564. The van der Waals surface area contributed by atoms with Crippen molar-refractivity contribution in [1.29, 1.82) is 0 Å². The first-order valence-electron chi connectivity index (χ1n) is 4.60. The average molecular weight is 224 g/mol. The summed E-state index contributed by atoms with van der Waals surface area (Å²) >= 11 is 0. The highest BCUT2D eigenvalue weighted by atomic mass is 16.3. The topological polar surface area (TPSA) is 114 Å². The van der Waals surface area contributed by atoms with Crippen LogP contribution in [-0.2, 0) is 4.79 Å². The first-order chi connectivity index (χ1) is 7.54. The zero-order valence-electron chi connectivity index (χ0n) is 8.41. The Morgan fingerprint density at radius 1 is 1.50 bits per heavy atom. The number of aliphatic hydroxyl groups is 2. The van der Waals surface area contributed by atoms with E-state index in [2.05, 4.69) is 4.98 Å². The van der Waals surface area contributed by atoms with Gasteiger partial charge >= 0.3 is 0 Å². The third-order valence-corrected chi connectivity index (χ3v) is 2.05. The van der Waals surface area contributed by atoms with Crippen molar-refractivity contribution in [2.75, 3.05) is 0 Å². The highest BCUT2D eigenvalue weighted by molar-refractivity contribution is 5.74. The Morgan fingerprint density at radius 2 is 2.19 bits per heavy atom. The lowest BCUT2D eigenvalue weighted by atomic mass is 10.0. The van der Waals surface area contributed by atoms with Crippen LogP contribution in [-0.4, -0.2) is 33.5 Å². The Kier molecular flexibility index (Phi) is 4.10. The molecule has 1 aromatic rings. The largest absolute Gasteiger partial charge is 0.390 e. The molecule has 2 unspecified atom stereocenters. The van der Waals surface area contributed by atoms with Crippen molar-refractivity contribution in [2.24, 2.45) is 5.73 Å². The van der Waals surface area contributed by atoms with Gasteiger partial charge < -0.3 is 15.9 Å². The van der Waals surface area contributed by atoms with Crippen LogP contribution in [0.4, 0.5) is 0 Å². The minimum absolute atomic E-state index is 0.223. The minimum Gasteiger partial charge on any atom is -0.390 e. The first kappa shape index (κ1) is 12.3. The molecule has 0 spiro atoms. The molecule has 1 rings (SSSR count). The number of pyridine rings is 1. The molecule has 0 saturated carbocycles. The van der Waals surface area contributed by atoms with E-state index in [1.165, 1.54) is 18.3 Å². The maximum Gasteiger partial charge on any atom is 0.220 e. The summed E-state index contributed by atoms with van der Waals surface area (Å²) in [6, 6.07) is 2.86. The highest BCUT2D eigenvalue weighted by Crippen LogP contribution is 2.17. The van der Waals surface area contributed by atoms with Crippen LogP contribution in [0.2, 0.25) is 0 Å².